The topological polar surface area (TPSA) is 0 Å². The molecule has 1 aliphatic rings. The molecular weight excluding hydrogens is 144 g/mol. The zero-order valence-electron chi connectivity index (χ0n) is 5.42. The van der Waals surface area contributed by atoms with Crippen LogP contribution in [-0.4, -0.2) is 0 Å². The van der Waals surface area contributed by atoms with E-state index in [0.717, 1.165) is 5.03 Å². The second-order valence-electron chi connectivity index (χ2n) is 1.80. The van der Waals surface area contributed by atoms with Crippen molar-refractivity contribution in [1.29, 1.82) is 0 Å². The number of rotatable bonds is 0. The molecule has 0 spiro atoms. The quantitative estimate of drug-likeness (QED) is 0.466. The number of hydrogen-bond acceptors (Lipinski definition) is 0. The highest BCUT2D eigenvalue weighted by atomic mass is 35.5. The molecule has 0 nitrogen and oxygen atoms in total. The van der Waals surface area contributed by atoms with Gasteiger partial charge in [-0.2, -0.15) is 0 Å². The summed E-state index contributed by atoms with van der Waals surface area (Å²) in [7, 11) is 0. The Morgan fingerprint density at radius 1 is 1.10 bits per heavy atom. The van der Waals surface area contributed by atoms with Crippen molar-refractivity contribution in [3.8, 4) is 0 Å². The minimum Gasteiger partial charge on any atom is -0.121 e. The van der Waals surface area contributed by atoms with E-state index < -0.39 is 0 Å². The average Bonchev–Trinajstić information content (AvgIpc) is 2.02. The predicted octanol–water partition coefficient (Wildman–Crippen LogP) is 2.95. The monoisotopic (exact) mass is 150 g/mol. The number of halogens is 1. The van der Waals surface area contributed by atoms with Gasteiger partial charge in [0.2, 0.25) is 0 Å². The highest BCUT2D eigenvalue weighted by molar-refractivity contribution is 6.31. The van der Waals surface area contributed by atoms with Crippen LogP contribution < -0.4 is 0 Å². The molecule has 0 aromatic rings. The van der Waals surface area contributed by atoms with E-state index in [1.807, 2.05) is 42.5 Å². The average molecular weight is 151 g/mol. The first-order chi connectivity index (χ1) is 4.89. The minimum absolute atomic E-state index is 0.726. The molecule has 0 fully saturated rings. The maximum atomic E-state index is 5.73. The van der Waals surface area contributed by atoms with E-state index >= 15 is 0 Å². The van der Waals surface area contributed by atoms with E-state index in [-0.39, 0.29) is 0 Å². The van der Waals surface area contributed by atoms with Crippen molar-refractivity contribution in [2.45, 2.75) is 0 Å². The van der Waals surface area contributed by atoms with Gasteiger partial charge in [0, 0.05) is 5.03 Å². The molecule has 0 amide bonds. The molecule has 0 aromatic heterocycles. The molecule has 0 radical (unpaired) electrons. The fraction of sp³-hybridized carbons (Fsp3) is 0. The van der Waals surface area contributed by atoms with Crippen LogP contribution in [0.3, 0.4) is 0 Å². The summed E-state index contributed by atoms with van der Waals surface area (Å²) in [4.78, 5) is 0. The lowest BCUT2D eigenvalue weighted by molar-refractivity contribution is 1.84. The zero-order valence-corrected chi connectivity index (χ0v) is 6.18. The fourth-order valence-electron chi connectivity index (χ4n) is 0.565. The van der Waals surface area contributed by atoms with Crippen LogP contribution in [0.2, 0.25) is 0 Å². The van der Waals surface area contributed by atoms with E-state index in [2.05, 4.69) is 5.73 Å². The molecule has 0 saturated carbocycles. The first-order valence-corrected chi connectivity index (χ1v) is 3.39. The van der Waals surface area contributed by atoms with Crippen LogP contribution in [0.1, 0.15) is 0 Å². The number of hydrogen-bond donors (Lipinski definition) is 0. The van der Waals surface area contributed by atoms with E-state index in [4.69, 9.17) is 11.6 Å². The van der Waals surface area contributed by atoms with Gasteiger partial charge < -0.3 is 0 Å². The lowest BCUT2D eigenvalue weighted by atomic mass is 10.4. The molecule has 1 aliphatic carbocycles. The molecule has 0 aliphatic heterocycles. The van der Waals surface area contributed by atoms with Crippen molar-refractivity contribution in [2.24, 2.45) is 0 Å². The third kappa shape index (κ3) is 2.54. The summed E-state index contributed by atoms with van der Waals surface area (Å²) in [5.74, 6) is 0. The van der Waals surface area contributed by atoms with Gasteiger partial charge in [-0.3, -0.25) is 0 Å². The fourth-order valence-corrected chi connectivity index (χ4v) is 0.711. The standard InChI is InChI=1S/C9H7Cl/c10-9-7-5-3-1-2-4-6-8-9/h1,3-8H/b5-3-,8-6-,9-7+. The summed E-state index contributed by atoms with van der Waals surface area (Å²) in [5, 5.41) is 0.726. The van der Waals surface area contributed by atoms with Crippen LogP contribution in [-0.2, 0) is 0 Å². The van der Waals surface area contributed by atoms with Crippen molar-refractivity contribution in [3.63, 3.8) is 0 Å². The highest BCUT2D eigenvalue weighted by Gasteiger charge is 1.78. The Hall–Kier alpha value is -0.970. The van der Waals surface area contributed by atoms with Crippen molar-refractivity contribution in [1.82, 2.24) is 0 Å². The molecule has 0 unspecified atom stereocenters. The molecule has 0 saturated heterocycles. The molecule has 50 valence electrons. The van der Waals surface area contributed by atoms with Gasteiger partial charge in [0.25, 0.3) is 0 Å². The Labute approximate surface area is 65.5 Å². The molecule has 1 heteroatoms. The Morgan fingerprint density at radius 2 is 1.90 bits per heavy atom. The van der Waals surface area contributed by atoms with Crippen LogP contribution >= 0.6 is 11.6 Å². The SMILES string of the molecule is ClC1=C/C=C\C=C=C/C=C\1. The maximum absolute atomic E-state index is 5.73. The van der Waals surface area contributed by atoms with E-state index in [9.17, 15) is 0 Å². The lowest BCUT2D eigenvalue weighted by Gasteiger charge is -1.80. The van der Waals surface area contributed by atoms with Crippen LogP contribution in [0.25, 0.3) is 0 Å². The molecule has 0 bridgehead atoms. The van der Waals surface area contributed by atoms with Crippen LogP contribution in [0.4, 0.5) is 0 Å². The van der Waals surface area contributed by atoms with Gasteiger partial charge in [0.15, 0.2) is 0 Å². The van der Waals surface area contributed by atoms with E-state index in [1.54, 1.807) is 0 Å². The third-order valence-electron chi connectivity index (χ3n) is 1.01. The van der Waals surface area contributed by atoms with Crippen LogP contribution in [0.5, 0.6) is 0 Å². The van der Waals surface area contributed by atoms with Gasteiger partial charge in [0.05, 0.1) is 0 Å². The normalized spacial score (nSPS) is 27.5. The summed E-state index contributed by atoms with van der Waals surface area (Å²) in [6, 6.07) is 0. The summed E-state index contributed by atoms with van der Waals surface area (Å²) in [6.45, 7) is 0. The van der Waals surface area contributed by atoms with E-state index in [1.165, 1.54) is 0 Å². The second kappa shape index (κ2) is 3.94. The number of allylic oxidation sites excluding steroid dienone is 7. The highest BCUT2D eigenvalue weighted by Crippen LogP contribution is 2.03. The van der Waals surface area contributed by atoms with Crippen molar-refractivity contribution in [3.05, 3.63) is 53.3 Å². The largest absolute Gasteiger partial charge is 0.121 e. The summed E-state index contributed by atoms with van der Waals surface area (Å²) in [5.41, 5.74) is 2.93. The smallest absolute Gasteiger partial charge is 0.0406 e. The van der Waals surface area contributed by atoms with Gasteiger partial charge in [-0.05, 0) is 24.3 Å². The summed E-state index contributed by atoms with van der Waals surface area (Å²) < 4.78 is 0. The van der Waals surface area contributed by atoms with Gasteiger partial charge in [-0.15, -0.1) is 5.73 Å². The molecule has 1 rings (SSSR count). The summed E-state index contributed by atoms with van der Waals surface area (Å²) >= 11 is 5.73. The molecule has 10 heavy (non-hydrogen) atoms. The zero-order chi connectivity index (χ0) is 7.23. The molecule has 0 N–H and O–H groups in total. The Bertz CT molecular complexity index is 248. The van der Waals surface area contributed by atoms with Gasteiger partial charge >= 0.3 is 0 Å². The first kappa shape index (κ1) is 7.14. The Morgan fingerprint density at radius 3 is 2.80 bits per heavy atom. The van der Waals surface area contributed by atoms with Crippen molar-refractivity contribution >= 4 is 11.6 Å². The minimum atomic E-state index is 0.726. The van der Waals surface area contributed by atoms with Gasteiger partial charge in [-0.1, -0.05) is 29.8 Å². The maximum Gasteiger partial charge on any atom is 0.0406 e. The predicted molar refractivity (Wildman–Crippen MR) is 44.9 cm³/mol. The van der Waals surface area contributed by atoms with Crippen LogP contribution in [0.15, 0.2) is 53.3 Å². The summed E-state index contributed by atoms with van der Waals surface area (Å²) in [6.07, 6.45) is 12.9. The third-order valence-corrected chi connectivity index (χ3v) is 1.26. The second-order valence-corrected chi connectivity index (χ2v) is 2.23. The lowest BCUT2D eigenvalue weighted by Crippen LogP contribution is -1.58. The molecule has 0 atom stereocenters. The Balaban J connectivity index is 2.89. The van der Waals surface area contributed by atoms with Gasteiger partial charge in [0.1, 0.15) is 0 Å². The molecule has 0 aromatic carbocycles. The van der Waals surface area contributed by atoms with E-state index in [0.29, 0.717) is 0 Å². The van der Waals surface area contributed by atoms with Crippen LogP contribution in [0, 0.1) is 0 Å². The molecule has 0 heterocycles. The van der Waals surface area contributed by atoms with Crippen molar-refractivity contribution < 1.29 is 0 Å². The Kier molecular flexibility index (Phi) is 2.82. The first-order valence-electron chi connectivity index (χ1n) is 3.01. The molecular formula is C9H7Cl. The van der Waals surface area contributed by atoms with Crippen molar-refractivity contribution in [2.75, 3.05) is 0 Å². The van der Waals surface area contributed by atoms with Gasteiger partial charge in [-0.25, -0.2) is 0 Å².